The van der Waals surface area contributed by atoms with Gasteiger partial charge >= 0.3 is 0 Å². The Morgan fingerprint density at radius 1 is 1.61 bits per heavy atom. The van der Waals surface area contributed by atoms with Crippen LogP contribution in [0.5, 0.6) is 5.75 Å². The average Bonchev–Trinajstić information content (AvgIpc) is 2.75. The van der Waals surface area contributed by atoms with E-state index in [0.29, 0.717) is 18.8 Å². The lowest BCUT2D eigenvalue weighted by atomic mass is 10.3. The molecule has 0 spiro atoms. The van der Waals surface area contributed by atoms with Crippen molar-refractivity contribution in [1.82, 2.24) is 4.90 Å². The minimum Gasteiger partial charge on any atom is -0.481 e. The number of benzene rings is 1. The van der Waals surface area contributed by atoms with Gasteiger partial charge in [-0.2, -0.15) is 0 Å². The zero-order valence-corrected chi connectivity index (χ0v) is 10.3. The van der Waals surface area contributed by atoms with Gasteiger partial charge in [-0.15, -0.1) is 0 Å². The molecule has 1 aliphatic heterocycles. The van der Waals surface area contributed by atoms with Crippen LogP contribution in [0.2, 0.25) is 0 Å². The number of amides is 1. The maximum atomic E-state index is 13.0. The van der Waals surface area contributed by atoms with Crippen molar-refractivity contribution in [2.24, 2.45) is 5.73 Å². The fraction of sp³-hybridized carbons (Fsp3) is 0.462. The van der Waals surface area contributed by atoms with Crippen molar-refractivity contribution in [2.45, 2.75) is 25.5 Å². The number of carbonyl (C=O) groups is 1. The Morgan fingerprint density at radius 2 is 2.39 bits per heavy atom. The lowest BCUT2D eigenvalue weighted by Crippen LogP contribution is -2.40. The molecule has 0 aliphatic carbocycles. The third-order valence-electron chi connectivity index (χ3n) is 2.99. The number of nitrogens with two attached hydrogens (primary N) is 1. The van der Waals surface area contributed by atoms with Crippen LogP contribution in [-0.4, -0.2) is 36.0 Å². The van der Waals surface area contributed by atoms with E-state index >= 15 is 0 Å². The van der Waals surface area contributed by atoms with Crippen LogP contribution in [-0.2, 0) is 4.79 Å². The molecule has 2 rings (SSSR count). The van der Waals surface area contributed by atoms with E-state index in [1.54, 1.807) is 24.0 Å². The Labute approximate surface area is 106 Å². The Bertz CT molecular complexity index is 439. The van der Waals surface area contributed by atoms with Crippen molar-refractivity contribution in [3.8, 4) is 5.75 Å². The number of carbonyl (C=O) groups excluding carboxylic acids is 1. The summed E-state index contributed by atoms with van der Waals surface area (Å²) in [6.45, 7) is 2.89. The molecule has 1 heterocycles. The molecule has 2 N–H and O–H groups in total. The molecule has 0 unspecified atom stereocenters. The standard InChI is InChI=1S/C13H17FN2O2/c1-9(13(17)16-6-5-11(15)8-16)18-12-4-2-3-10(14)7-12/h2-4,7,9,11H,5-6,8,15H2,1H3/t9-,11-/m1/s1. The van der Waals surface area contributed by atoms with Crippen LogP contribution < -0.4 is 10.5 Å². The first-order chi connectivity index (χ1) is 8.56. The molecule has 4 nitrogen and oxygen atoms in total. The molecule has 18 heavy (non-hydrogen) atoms. The van der Waals surface area contributed by atoms with Gasteiger partial charge in [0.25, 0.3) is 5.91 Å². The van der Waals surface area contributed by atoms with Gasteiger partial charge in [0.15, 0.2) is 6.10 Å². The van der Waals surface area contributed by atoms with Gasteiger partial charge in [-0.25, -0.2) is 4.39 Å². The summed E-state index contributed by atoms with van der Waals surface area (Å²) >= 11 is 0. The lowest BCUT2D eigenvalue weighted by molar-refractivity contribution is -0.136. The normalized spacial score (nSPS) is 20.8. The van der Waals surface area contributed by atoms with E-state index in [9.17, 15) is 9.18 Å². The van der Waals surface area contributed by atoms with Crippen LogP contribution in [0.4, 0.5) is 4.39 Å². The quantitative estimate of drug-likeness (QED) is 0.878. The summed E-state index contributed by atoms with van der Waals surface area (Å²) in [5, 5.41) is 0. The molecule has 0 aromatic heterocycles. The molecule has 1 aromatic rings. The zero-order valence-electron chi connectivity index (χ0n) is 10.3. The zero-order chi connectivity index (χ0) is 13.1. The van der Waals surface area contributed by atoms with Crippen molar-refractivity contribution in [2.75, 3.05) is 13.1 Å². The Balaban J connectivity index is 1.95. The first-order valence-electron chi connectivity index (χ1n) is 6.03. The lowest BCUT2D eigenvalue weighted by Gasteiger charge is -2.21. The van der Waals surface area contributed by atoms with Crippen LogP contribution in [0.3, 0.4) is 0 Å². The van der Waals surface area contributed by atoms with E-state index in [2.05, 4.69) is 0 Å². The number of hydrogen-bond donors (Lipinski definition) is 1. The number of halogens is 1. The molecule has 0 saturated carbocycles. The summed E-state index contributed by atoms with van der Waals surface area (Å²) in [6, 6.07) is 5.82. The highest BCUT2D eigenvalue weighted by molar-refractivity contribution is 5.81. The number of ether oxygens (including phenoxy) is 1. The number of hydrogen-bond acceptors (Lipinski definition) is 3. The first-order valence-corrected chi connectivity index (χ1v) is 6.03. The van der Waals surface area contributed by atoms with Crippen LogP contribution in [0.15, 0.2) is 24.3 Å². The number of nitrogens with zero attached hydrogens (tertiary/aromatic N) is 1. The van der Waals surface area contributed by atoms with Gasteiger partial charge in [0.05, 0.1) is 0 Å². The molecule has 0 radical (unpaired) electrons. The maximum absolute atomic E-state index is 13.0. The fourth-order valence-electron chi connectivity index (χ4n) is 2.04. The third kappa shape index (κ3) is 2.98. The van der Waals surface area contributed by atoms with Crippen LogP contribution in [0.25, 0.3) is 0 Å². The SMILES string of the molecule is C[C@@H](Oc1cccc(F)c1)C(=O)N1CC[C@@H](N)C1. The summed E-state index contributed by atoms with van der Waals surface area (Å²) in [5.41, 5.74) is 5.75. The van der Waals surface area contributed by atoms with Crippen molar-refractivity contribution < 1.29 is 13.9 Å². The average molecular weight is 252 g/mol. The second-order valence-electron chi connectivity index (χ2n) is 4.55. The summed E-state index contributed by atoms with van der Waals surface area (Å²) in [5.74, 6) is -0.123. The van der Waals surface area contributed by atoms with E-state index in [-0.39, 0.29) is 17.8 Å². The minimum atomic E-state index is -0.628. The highest BCUT2D eigenvalue weighted by atomic mass is 19.1. The molecule has 2 atom stereocenters. The molecular formula is C13H17FN2O2. The largest absolute Gasteiger partial charge is 0.481 e. The first kappa shape index (κ1) is 12.8. The third-order valence-corrected chi connectivity index (χ3v) is 2.99. The Morgan fingerprint density at radius 3 is 3.00 bits per heavy atom. The number of rotatable bonds is 3. The van der Waals surface area contributed by atoms with Gasteiger partial charge in [-0.3, -0.25) is 4.79 Å². The van der Waals surface area contributed by atoms with Gasteiger partial charge in [0.1, 0.15) is 11.6 Å². The predicted octanol–water partition coefficient (Wildman–Crippen LogP) is 1.15. The van der Waals surface area contributed by atoms with Crippen LogP contribution in [0.1, 0.15) is 13.3 Å². The highest BCUT2D eigenvalue weighted by Crippen LogP contribution is 2.16. The summed E-state index contributed by atoms with van der Waals surface area (Å²) in [7, 11) is 0. The fourth-order valence-corrected chi connectivity index (χ4v) is 2.04. The van der Waals surface area contributed by atoms with Crippen molar-refractivity contribution in [1.29, 1.82) is 0 Å². The van der Waals surface area contributed by atoms with Gasteiger partial charge in [0, 0.05) is 25.2 Å². The molecule has 5 heteroatoms. The molecule has 1 fully saturated rings. The highest BCUT2D eigenvalue weighted by Gasteiger charge is 2.28. The van der Waals surface area contributed by atoms with E-state index in [1.807, 2.05) is 0 Å². The van der Waals surface area contributed by atoms with Crippen molar-refractivity contribution in [3.05, 3.63) is 30.1 Å². The monoisotopic (exact) mass is 252 g/mol. The Hall–Kier alpha value is -1.62. The maximum Gasteiger partial charge on any atom is 0.263 e. The molecule has 98 valence electrons. The summed E-state index contributed by atoms with van der Waals surface area (Å²) in [6.07, 6.45) is 0.190. The summed E-state index contributed by atoms with van der Waals surface area (Å²) in [4.78, 5) is 13.7. The van der Waals surface area contributed by atoms with E-state index in [1.165, 1.54) is 12.1 Å². The molecule has 1 aliphatic rings. The van der Waals surface area contributed by atoms with Crippen molar-refractivity contribution >= 4 is 5.91 Å². The second-order valence-corrected chi connectivity index (χ2v) is 4.55. The molecule has 1 amide bonds. The van der Waals surface area contributed by atoms with E-state index in [0.717, 1.165) is 6.42 Å². The second kappa shape index (κ2) is 5.35. The van der Waals surface area contributed by atoms with Crippen LogP contribution >= 0.6 is 0 Å². The summed E-state index contributed by atoms with van der Waals surface area (Å²) < 4.78 is 18.4. The topological polar surface area (TPSA) is 55.6 Å². The van der Waals surface area contributed by atoms with Crippen LogP contribution in [0, 0.1) is 5.82 Å². The smallest absolute Gasteiger partial charge is 0.263 e. The minimum absolute atomic E-state index is 0.0512. The van der Waals surface area contributed by atoms with Crippen molar-refractivity contribution in [3.63, 3.8) is 0 Å². The van der Waals surface area contributed by atoms with Gasteiger partial charge < -0.3 is 15.4 Å². The molecule has 1 aromatic carbocycles. The predicted molar refractivity (Wildman–Crippen MR) is 65.7 cm³/mol. The van der Waals surface area contributed by atoms with Gasteiger partial charge in [0.2, 0.25) is 0 Å². The number of likely N-dealkylation sites (tertiary alicyclic amines) is 1. The van der Waals surface area contributed by atoms with E-state index < -0.39 is 6.10 Å². The molecular weight excluding hydrogens is 235 g/mol. The van der Waals surface area contributed by atoms with E-state index in [4.69, 9.17) is 10.5 Å². The molecule has 0 bridgehead atoms. The molecule has 1 saturated heterocycles. The van der Waals surface area contributed by atoms with Gasteiger partial charge in [-0.1, -0.05) is 6.07 Å². The Kier molecular flexibility index (Phi) is 3.81. The van der Waals surface area contributed by atoms with Gasteiger partial charge in [-0.05, 0) is 25.5 Å².